The molecule has 222 valence electrons. The smallest absolute Gasteiger partial charge is 0.331 e. The Morgan fingerprint density at radius 1 is 0.690 bits per heavy atom. The number of nitrogens with zero attached hydrogens (tertiary/aromatic N) is 2. The molecule has 2 N–H and O–H groups in total. The van der Waals surface area contributed by atoms with Crippen molar-refractivity contribution in [1.82, 2.24) is 10.6 Å². The number of benzene rings is 2. The van der Waals surface area contributed by atoms with Gasteiger partial charge in [-0.1, -0.05) is 50.3 Å². The summed E-state index contributed by atoms with van der Waals surface area (Å²) in [4.78, 5) is 70.4. The zero-order valence-corrected chi connectivity index (χ0v) is 22.6. The number of carbonyl (C=O) groups excluding carboxylic acids is 4. The topological polar surface area (TPSA) is 197 Å². The summed E-state index contributed by atoms with van der Waals surface area (Å²) in [7, 11) is 0. The Morgan fingerprint density at radius 2 is 1.05 bits per heavy atom. The molecular weight excluding hydrogens is 552 g/mol. The lowest BCUT2D eigenvalue weighted by Gasteiger charge is -2.17. The average molecular weight is 583 g/mol. The molecule has 2 amide bonds. The lowest BCUT2D eigenvalue weighted by Crippen LogP contribution is -2.33. The fraction of sp³-hybridized carbons (Fsp3) is 0.286. The molecule has 2 rings (SSSR count). The summed E-state index contributed by atoms with van der Waals surface area (Å²) in [6.45, 7) is 6.93. The number of para-hydroxylation sites is 2. The third-order valence-electron chi connectivity index (χ3n) is 5.81. The Hall–Kier alpha value is -5.40. The van der Waals surface area contributed by atoms with Gasteiger partial charge in [-0.05, 0) is 25.0 Å². The Bertz CT molecular complexity index is 1240. The Balaban J connectivity index is 1.86. The first-order valence-corrected chi connectivity index (χ1v) is 12.8. The van der Waals surface area contributed by atoms with Crippen LogP contribution in [0.2, 0.25) is 0 Å². The first-order valence-electron chi connectivity index (χ1n) is 12.8. The number of hydrogen-bond acceptors (Lipinski definition) is 10. The van der Waals surface area contributed by atoms with Crippen LogP contribution in [0.25, 0.3) is 0 Å². The number of nitro benzene ring substituents is 2. The van der Waals surface area contributed by atoms with Crippen molar-refractivity contribution in [1.29, 1.82) is 0 Å². The van der Waals surface area contributed by atoms with E-state index in [0.29, 0.717) is 25.7 Å². The molecule has 0 radical (unpaired) electrons. The van der Waals surface area contributed by atoms with Crippen LogP contribution in [-0.2, 0) is 28.7 Å². The zero-order valence-electron chi connectivity index (χ0n) is 22.6. The molecule has 0 heterocycles. The summed E-state index contributed by atoms with van der Waals surface area (Å²) in [5, 5.41) is 28.0. The summed E-state index contributed by atoms with van der Waals surface area (Å²) < 4.78 is 10.2. The van der Waals surface area contributed by atoms with E-state index in [-0.39, 0.29) is 35.6 Å². The Labute approximate surface area is 240 Å². The number of amides is 2. The summed E-state index contributed by atoms with van der Waals surface area (Å²) in [6, 6.07) is 10.9. The summed E-state index contributed by atoms with van der Waals surface area (Å²) in [5.41, 5.74) is -0.910. The molecule has 0 aliphatic rings. The van der Waals surface area contributed by atoms with Crippen molar-refractivity contribution in [3.05, 3.63) is 105 Å². The molecule has 0 saturated heterocycles. The highest BCUT2D eigenvalue weighted by molar-refractivity contribution is 5.89. The van der Waals surface area contributed by atoms with Gasteiger partial charge in [0.05, 0.1) is 21.0 Å². The van der Waals surface area contributed by atoms with Gasteiger partial charge in [0.25, 0.3) is 23.2 Å². The van der Waals surface area contributed by atoms with Crippen molar-refractivity contribution in [2.75, 3.05) is 13.1 Å². The van der Waals surface area contributed by atoms with Gasteiger partial charge in [-0.2, -0.15) is 0 Å². The van der Waals surface area contributed by atoms with Crippen LogP contribution in [0.15, 0.2) is 73.8 Å². The molecule has 0 bridgehead atoms. The van der Waals surface area contributed by atoms with Crippen LogP contribution in [0.5, 0.6) is 0 Å². The molecule has 0 saturated carbocycles. The van der Waals surface area contributed by atoms with E-state index in [9.17, 15) is 39.4 Å². The molecule has 0 aromatic heterocycles. The van der Waals surface area contributed by atoms with Crippen LogP contribution in [-0.4, -0.2) is 46.7 Å². The number of esters is 2. The number of rotatable bonds is 17. The van der Waals surface area contributed by atoms with Gasteiger partial charge in [0.2, 0.25) is 12.2 Å². The number of ether oxygens (including phenoxy) is 2. The van der Waals surface area contributed by atoms with Crippen molar-refractivity contribution in [3.63, 3.8) is 0 Å². The second kappa shape index (κ2) is 16.6. The quantitative estimate of drug-likeness (QED) is 0.0914. The highest BCUT2D eigenvalue weighted by atomic mass is 16.6. The van der Waals surface area contributed by atoms with Gasteiger partial charge in [0.1, 0.15) is 0 Å². The van der Waals surface area contributed by atoms with E-state index in [1.807, 2.05) is 0 Å². The maximum Gasteiger partial charge on any atom is 0.331 e. The van der Waals surface area contributed by atoms with Crippen LogP contribution in [0.3, 0.4) is 0 Å². The molecule has 0 spiro atoms. The number of carbonyl (C=O) groups is 4. The Kier molecular flexibility index (Phi) is 13.0. The number of hydrogen-bond donors (Lipinski definition) is 2. The van der Waals surface area contributed by atoms with Gasteiger partial charge < -0.3 is 20.1 Å². The van der Waals surface area contributed by atoms with E-state index in [1.165, 1.54) is 48.5 Å². The third-order valence-corrected chi connectivity index (χ3v) is 5.81. The van der Waals surface area contributed by atoms with Gasteiger partial charge in [-0.15, -0.1) is 0 Å². The number of nitrogens with one attached hydrogen (secondary N) is 2. The normalized spacial score (nSPS) is 11.7. The van der Waals surface area contributed by atoms with E-state index < -0.39 is 45.8 Å². The molecule has 0 fully saturated rings. The van der Waals surface area contributed by atoms with Crippen LogP contribution in [0.4, 0.5) is 11.4 Å². The highest BCUT2D eigenvalue weighted by Gasteiger charge is 2.31. The minimum atomic E-state index is -1.55. The maximum absolute atomic E-state index is 12.7. The molecule has 2 aromatic rings. The van der Waals surface area contributed by atoms with Crippen LogP contribution in [0.1, 0.15) is 49.0 Å². The van der Waals surface area contributed by atoms with Crippen molar-refractivity contribution < 1.29 is 38.5 Å². The molecule has 2 atom stereocenters. The first kappa shape index (κ1) is 32.8. The Morgan fingerprint density at radius 3 is 1.38 bits per heavy atom. The van der Waals surface area contributed by atoms with Crippen molar-refractivity contribution in [3.8, 4) is 0 Å². The molecule has 14 nitrogen and oxygen atoms in total. The third kappa shape index (κ3) is 9.66. The lowest BCUT2D eigenvalue weighted by molar-refractivity contribution is -0.386. The first-order chi connectivity index (χ1) is 20.1. The fourth-order valence-electron chi connectivity index (χ4n) is 3.81. The van der Waals surface area contributed by atoms with Gasteiger partial charge in [-0.25, -0.2) is 9.59 Å². The lowest BCUT2D eigenvalue weighted by atomic mass is 10.1. The fourth-order valence-corrected chi connectivity index (χ4v) is 3.81. The minimum Gasteiger partial charge on any atom is -0.444 e. The zero-order chi connectivity index (χ0) is 31.1. The van der Waals surface area contributed by atoms with E-state index in [2.05, 4.69) is 23.8 Å². The molecule has 2 aromatic carbocycles. The second-order valence-corrected chi connectivity index (χ2v) is 8.67. The van der Waals surface area contributed by atoms with Crippen LogP contribution >= 0.6 is 0 Å². The standard InChI is InChI=1S/C28H30N4O10/c1-3-23(33)41-25(19-13-7-9-15-21(19)31(37)38)27(35)29-17-11-5-6-12-18-30-28(36)26(42-24(34)4-2)20-14-8-10-16-22(20)32(39)40/h3-4,7-10,13-16,25-26H,1-2,5-6,11-12,17-18H2,(H,29,35)(H,30,36). The minimum absolute atomic E-state index is 0.0798. The highest BCUT2D eigenvalue weighted by Crippen LogP contribution is 2.29. The molecule has 14 heteroatoms. The van der Waals surface area contributed by atoms with Crippen molar-refractivity contribution in [2.45, 2.75) is 37.9 Å². The molecular formula is C28H30N4O10. The van der Waals surface area contributed by atoms with Gasteiger partial charge in [-0.3, -0.25) is 29.8 Å². The molecule has 0 aliphatic carbocycles. The van der Waals surface area contributed by atoms with Crippen LogP contribution in [0, 0.1) is 20.2 Å². The number of nitro groups is 2. The summed E-state index contributed by atoms with van der Waals surface area (Å²) in [5.74, 6) is -3.30. The van der Waals surface area contributed by atoms with E-state index in [0.717, 1.165) is 12.2 Å². The van der Waals surface area contributed by atoms with Crippen molar-refractivity contribution >= 4 is 35.1 Å². The second-order valence-electron chi connectivity index (χ2n) is 8.67. The van der Waals surface area contributed by atoms with E-state index >= 15 is 0 Å². The number of unbranched alkanes of at least 4 members (excludes halogenated alkanes) is 3. The molecule has 2 unspecified atom stereocenters. The van der Waals surface area contributed by atoms with E-state index in [1.54, 1.807) is 0 Å². The summed E-state index contributed by atoms with van der Waals surface area (Å²) >= 11 is 0. The van der Waals surface area contributed by atoms with Gasteiger partial charge in [0.15, 0.2) is 0 Å². The molecule has 0 aliphatic heterocycles. The predicted molar refractivity (Wildman–Crippen MR) is 149 cm³/mol. The largest absolute Gasteiger partial charge is 0.444 e. The summed E-state index contributed by atoms with van der Waals surface area (Å²) in [6.07, 6.45) is 0.867. The predicted octanol–water partition coefficient (Wildman–Crippen LogP) is 3.54. The van der Waals surface area contributed by atoms with Crippen LogP contribution < -0.4 is 10.6 Å². The maximum atomic E-state index is 12.7. The van der Waals surface area contributed by atoms with Gasteiger partial charge in [0, 0.05) is 37.4 Å². The van der Waals surface area contributed by atoms with Crippen molar-refractivity contribution in [2.24, 2.45) is 0 Å². The average Bonchev–Trinajstić information content (AvgIpc) is 2.99. The molecule has 42 heavy (non-hydrogen) atoms. The van der Waals surface area contributed by atoms with E-state index in [4.69, 9.17) is 9.47 Å². The monoisotopic (exact) mass is 582 g/mol. The SMILES string of the molecule is C=CC(=O)OC(C(=O)NCCCCCCNC(=O)C(OC(=O)C=C)c1ccccc1[N+](=O)[O-])c1ccccc1[N+](=O)[O-]. The van der Waals surface area contributed by atoms with Gasteiger partial charge >= 0.3 is 11.9 Å².